The van der Waals surface area contributed by atoms with Crippen LogP contribution >= 0.6 is 11.3 Å². The van der Waals surface area contributed by atoms with Gasteiger partial charge in [-0.1, -0.05) is 11.3 Å². The standard InChI is InChI=1S/C12H19N3S/c1-8-4-3-7-15(8)12-14-10-6-2-5-9(13)11(10)16-12/h8-9H,2-7,13H2,1H3. The summed E-state index contributed by atoms with van der Waals surface area (Å²) in [5.41, 5.74) is 7.42. The third-order valence-electron chi connectivity index (χ3n) is 3.78. The van der Waals surface area contributed by atoms with Crippen LogP contribution in [0.4, 0.5) is 5.13 Å². The van der Waals surface area contributed by atoms with Crippen molar-refractivity contribution in [1.82, 2.24) is 4.98 Å². The number of nitrogens with two attached hydrogens (primary N) is 1. The van der Waals surface area contributed by atoms with Crippen LogP contribution in [0.25, 0.3) is 0 Å². The maximum absolute atomic E-state index is 6.14. The van der Waals surface area contributed by atoms with E-state index in [0.717, 1.165) is 12.8 Å². The number of nitrogens with zero attached hydrogens (tertiary/aromatic N) is 2. The van der Waals surface area contributed by atoms with Crippen molar-refractivity contribution in [3.8, 4) is 0 Å². The van der Waals surface area contributed by atoms with Crippen molar-refractivity contribution in [2.45, 2.75) is 51.1 Å². The van der Waals surface area contributed by atoms with Crippen molar-refractivity contribution in [2.75, 3.05) is 11.4 Å². The first-order valence-corrected chi connectivity index (χ1v) is 7.09. The molecule has 4 heteroatoms. The third-order valence-corrected chi connectivity index (χ3v) is 5.05. The van der Waals surface area contributed by atoms with E-state index >= 15 is 0 Å². The van der Waals surface area contributed by atoms with Crippen molar-refractivity contribution < 1.29 is 0 Å². The molecule has 0 aromatic carbocycles. The summed E-state index contributed by atoms with van der Waals surface area (Å²) in [7, 11) is 0. The van der Waals surface area contributed by atoms with Crippen molar-refractivity contribution in [3.63, 3.8) is 0 Å². The Labute approximate surface area is 101 Å². The van der Waals surface area contributed by atoms with Gasteiger partial charge < -0.3 is 10.6 Å². The van der Waals surface area contributed by atoms with Crippen LogP contribution in [0.5, 0.6) is 0 Å². The van der Waals surface area contributed by atoms with Crippen LogP contribution in [-0.4, -0.2) is 17.6 Å². The molecule has 2 N–H and O–H groups in total. The SMILES string of the molecule is CC1CCCN1c1nc2c(s1)C(N)CCC2. The molecule has 0 bridgehead atoms. The molecule has 1 aliphatic heterocycles. The first-order valence-electron chi connectivity index (χ1n) is 6.27. The van der Waals surface area contributed by atoms with E-state index in [1.807, 2.05) is 11.3 Å². The Balaban J connectivity index is 1.91. The molecule has 16 heavy (non-hydrogen) atoms. The van der Waals surface area contributed by atoms with E-state index in [1.54, 1.807) is 0 Å². The molecule has 1 aromatic heterocycles. The maximum Gasteiger partial charge on any atom is 0.186 e. The summed E-state index contributed by atoms with van der Waals surface area (Å²) in [6, 6.07) is 0.900. The Morgan fingerprint density at radius 1 is 1.38 bits per heavy atom. The van der Waals surface area contributed by atoms with E-state index in [1.165, 1.54) is 41.5 Å². The molecule has 0 spiro atoms. The molecule has 1 aliphatic carbocycles. The first kappa shape index (κ1) is 10.5. The van der Waals surface area contributed by atoms with Gasteiger partial charge in [0.25, 0.3) is 0 Å². The molecule has 0 saturated carbocycles. The molecule has 1 fully saturated rings. The number of fused-ring (bicyclic) bond motifs is 1. The zero-order valence-electron chi connectivity index (χ0n) is 9.78. The molecule has 2 aliphatic rings. The predicted octanol–water partition coefficient (Wildman–Crippen LogP) is 2.47. The van der Waals surface area contributed by atoms with Gasteiger partial charge >= 0.3 is 0 Å². The van der Waals surface area contributed by atoms with Crippen molar-refractivity contribution >= 4 is 16.5 Å². The molecule has 0 radical (unpaired) electrons. The lowest BCUT2D eigenvalue weighted by Crippen LogP contribution is -2.25. The zero-order valence-corrected chi connectivity index (χ0v) is 10.6. The van der Waals surface area contributed by atoms with E-state index in [4.69, 9.17) is 10.7 Å². The minimum Gasteiger partial charge on any atom is -0.345 e. The summed E-state index contributed by atoms with van der Waals surface area (Å²) >= 11 is 1.83. The van der Waals surface area contributed by atoms with E-state index in [-0.39, 0.29) is 6.04 Å². The third kappa shape index (κ3) is 1.64. The fourth-order valence-electron chi connectivity index (χ4n) is 2.78. The summed E-state index contributed by atoms with van der Waals surface area (Å²) in [5.74, 6) is 0. The van der Waals surface area contributed by atoms with Gasteiger partial charge in [0.05, 0.1) is 5.69 Å². The second kappa shape index (κ2) is 4.00. The Morgan fingerprint density at radius 3 is 2.94 bits per heavy atom. The van der Waals surface area contributed by atoms with Crippen LogP contribution in [0.2, 0.25) is 0 Å². The van der Waals surface area contributed by atoms with Crippen molar-refractivity contribution in [2.24, 2.45) is 5.73 Å². The van der Waals surface area contributed by atoms with E-state index in [2.05, 4.69) is 11.8 Å². The Hall–Kier alpha value is -0.610. The number of hydrogen-bond acceptors (Lipinski definition) is 4. The van der Waals surface area contributed by atoms with Crippen LogP contribution in [-0.2, 0) is 6.42 Å². The minimum atomic E-state index is 0.243. The summed E-state index contributed by atoms with van der Waals surface area (Å²) in [4.78, 5) is 8.60. The summed E-state index contributed by atoms with van der Waals surface area (Å²) in [6.07, 6.45) is 6.06. The average Bonchev–Trinajstić information content (AvgIpc) is 2.84. The molecule has 2 heterocycles. The monoisotopic (exact) mass is 237 g/mol. The fourth-order valence-corrected chi connectivity index (χ4v) is 4.06. The highest BCUT2D eigenvalue weighted by Crippen LogP contribution is 2.38. The number of aryl methyl sites for hydroxylation is 1. The second-order valence-corrected chi connectivity index (χ2v) is 6.00. The van der Waals surface area contributed by atoms with Crippen LogP contribution in [0.15, 0.2) is 0 Å². The number of anilines is 1. The molecule has 3 rings (SSSR count). The van der Waals surface area contributed by atoms with Gasteiger partial charge in [-0.3, -0.25) is 0 Å². The lowest BCUT2D eigenvalue weighted by atomic mass is 9.99. The second-order valence-electron chi connectivity index (χ2n) is 4.99. The van der Waals surface area contributed by atoms with Crippen molar-refractivity contribution in [1.29, 1.82) is 0 Å². The maximum atomic E-state index is 6.14. The number of thiazole rings is 1. The predicted molar refractivity (Wildman–Crippen MR) is 68.0 cm³/mol. The van der Waals surface area contributed by atoms with Crippen LogP contribution in [0, 0.1) is 0 Å². The highest BCUT2D eigenvalue weighted by atomic mass is 32.1. The van der Waals surface area contributed by atoms with Gasteiger partial charge in [-0.15, -0.1) is 0 Å². The Morgan fingerprint density at radius 2 is 2.25 bits per heavy atom. The number of hydrogen-bond donors (Lipinski definition) is 1. The summed E-state index contributed by atoms with van der Waals surface area (Å²) in [5, 5.41) is 1.22. The lowest BCUT2D eigenvalue weighted by molar-refractivity contribution is 0.573. The van der Waals surface area contributed by atoms with Gasteiger partial charge in [0.1, 0.15) is 0 Å². The molecule has 88 valence electrons. The number of rotatable bonds is 1. The minimum absolute atomic E-state index is 0.243. The van der Waals surface area contributed by atoms with E-state index in [0.29, 0.717) is 6.04 Å². The van der Waals surface area contributed by atoms with Crippen LogP contribution in [0.3, 0.4) is 0 Å². The molecule has 3 nitrogen and oxygen atoms in total. The fraction of sp³-hybridized carbons (Fsp3) is 0.750. The molecule has 2 atom stereocenters. The molecule has 1 saturated heterocycles. The van der Waals surface area contributed by atoms with Gasteiger partial charge in [0, 0.05) is 23.5 Å². The quantitative estimate of drug-likeness (QED) is 0.816. The summed E-state index contributed by atoms with van der Waals surface area (Å²) in [6.45, 7) is 3.47. The van der Waals surface area contributed by atoms with Gasteiger partial charge in [0.2, 0.25) is 0 Å². The molecule has 0 amide bonds. The summed E-state index contributed by atoms with van der Waals surface area (Å²) < 4.78 is 0. The molecular weight excluding hydrogens is 218 g/mol. The van der Waals surface area contributed by atoms with E-state index < -0.39 is 0 Å². The largest absolute Gasteiger partial charge is 0.345 e. The smallest absolute Gasteiger partial charge is 0.186 e. The highest BCUT2D eigenvalue weighted by Gasteiger charge is 2.27. The Bertz CT molecular complexity index is 388. The topological polar surface area (TPSA) is 42.2 Å². The van der Waals surface area contributed by atoms with Crippen LogP contribution in [0.1, 0.15) is 49.2 Å². The van der Waals surface area contributed by atoms with Crippen LogP contribution < -0.4 is 10.6 Å². The first-order chi connectivity index (χ1) is 7.75. The van der Waals surface area contributed by atoms with Gasteiger partial charge in [-0.2, -0.15) is 0 Å². The van der Waals surface area contributed by atoms with Gasteiger partial charge in [-0.25, -0.2) is 4.98 Å². The molecule has 1 aromatic rings. The molecular formula is C12H19N3S. The Kier molecular flexibility index (Phi) is 2.64. The number of aromatic nitrogens is 1. The van der Waals surface area contributed by atoms with Gasteiger partial charge in [0.15, 0.2) is 5.13 Å². The highest BCUT2D eigenvalue weighted by molar-refractivity contribution is 7.15. The van der Waals surface area contributed by atoms with E-state index in [9.17, 15) is 0 Å². The average molecular weight is 237 g/mol. The molecule has 2 unspecified atom stereocenters. The zero-order chi connectivity index (χ0) is 11.1. The normalized spacial score (nSPS) is 29.5. The van der Waals surface area contributed by atoms with Crippen molar-refractivity contribution in [3.05, 3.63) is 10.6 Å². The van der Waals surface area contributed by atoms with Gasteiger partial charge in [-0.05, 0) is 39.0 Å². The lowest BCUT2D eigenvalue weighted by Gasteiger charge is -2.19.